The molecule has 1 heterocycles. The molecule has 0 bridgehead atoms. The molecule has 0 spiro atoms. The van der Waals surface area contributed by atoms with E-state index < -0.39 is 0 Å². The molecular formula is C15H33N3O. The fraction of sp³-hybridized carbons (Fsp3) is 1.00. The summed E-state index contributed by atoms with van der Waals surface area (Å²) in [5, 5.41) is 12.7. The van der Waals surface area contributed by atoms with Crippen molar-refractivity contribution in [1.29, 1.82) is 0 Å². The van der Waals surface area contributed by atoms with Crippen molar-refractivity contribution in [2.75, 3.05) is 52.4 Å². The van der Waals surface area contributed by atoms with Gasteiger partial charge in [0.25, 0.3) is 0 Å². The molecule has 1 unspecified atom stereocenters. The minimum Gasteiger partial charge on any atom is -0.395 e. The highest BCUT2D eigenvalue weighted by Gasteiger charge is 2.18. The van der Waals surface area contributed by atoms with E-state index in [0.29, 0.717) is 0 Å². The summed E-state index contributed by atoms with van der Waals surface area (Å²) in [6.07, 6.45) is 2.19. The van der Waals surface area contributed by atoms with Gasteiger partial charge in [-0.25, -0.2) is 0 Å². The standard InChI is InChI=1S/C15H33N3O/c1-4-6-16-15(13-19)5-7-17-8-10-18(11-9-17)12-14(2)3/h14-16,19H,4-13H2,1-3H3. The number of aliphatic hydroxyl groups is 1. The molecule has 1 saturated heterocycles. The Morgan fingerprint density at radius 1 is 1.11 bits per heavy atom. The Balaban J connectivity index is 2.14. The van der Waals surface area contributed by atoms with Crippen LogP contribution in [0.1, 0.15) is 33.6 Å². The highest BCUT2D eigenvalue weighted by molar-refractivity contribution is 4.75. The fourth-order valence-electron chi connectivity index (χ4n) is 2.66. The molecule has 0 aromatic rings. The van der Waals surface area contributed by atoms with E-state index >= 15 is 0 Å². The average molecular weight is 271 g/mol. The summed E-state index contributed by atoms with van der Waals surface area (Å²) in [4.78, 5) is 5.10. The molecule has 1 rings (SSSR count). The van der Waals surface area contributed by atoms with Crippen LogP contribution in [0.2, 0.25) is 0 Å². The van der Waals surface area contributed by atoms with Gasteiger partial charge in [0.1, 0.15) is 0 Å². The predicted molar refractivity (Wildman–Crippen MR) is 81.5 cm³/mol. The zero-order valence-electron chi connectivity index (χ0n) is 13.1. The van der Waals surface area contributed by atoms with Gasteiger partial charge in [-0.05, 0) is 31.8 Å². The van der Waals surface area contributed by atoms with Crippen LogP contribution in [-0.2, 0) is 0 Å². The topological polar surface area (TPSA) is 38.7 Å². The molecule has 1 fully saturated rings. The summed E-state index contributed by atoms with van der Waals surface area (Å²) >= 11 is 0. The van der Waals surface area contributed by atoms with Crippen molar-refractivity contribution in [3.05, 3.63) is 0 Å². The van der Waals surface area contributed by atoms with Gasteiger partial charge in [-0.15, -0.1) is 0 Å². The predicted octanol–water partition coefficient (Wildman–Crippen LogP) is 1.01. The number of hydrogen-bond acceptors (Lipinski definition) is 4. The van der Waals surface area contributed by atoms with Crippen molar-refractivity contribution >= 4 is 0 Å². The lowest BCUT2D eigenvalue weighted by atomic mass is 10.1. The number of nitrogens with one attached hydrogen (secondary N) is 1. The maximum absolute atomic E-state index is 9.33. The molecule has 1 atom stereocenters. The van der Waals surface area contributed by atoms with Crippen molar-refractivity contribution in [2.24, 2.45) is 5.92 Å². The monoisotopic (exact) mass is 271 g/mol. The first-order valence-corrected chi connectivity index (χ1v) is 7.94. The number of nitrogens with zero attached hydrogens (tertiary/aromatic N) is 2. The normalized spacial score (nSPS) is 20.1. The lowest BCUT2D eigenvalue weighted by molar-refractivity contribution is 0.115. The van der Waals surface area contributed by atoms with Gasteiger partial charge in [-0.3, -0.25) is 0 Å². The van der Waals surface area contributed by atoms with Gasteiger partial charge in [-0.2, -0.15) is 0 Å². The maximum atomic E-state index is 9.33. The van der Waals surface area contributed by atoms with Gasteiger partial charge in [0.15, 0.2) is 0 Å². The number of piperazine rings is 1. The summed E-state index contributed by atoms with van der Waals surface area (Å²) in [6.45, 7) is 15.1. The summed E-state index contributed by atoms with van der Waals surface area (Å²) in [5.74, 6) is 0.767. The van der Waals surface area contributed by atoms with Crippen molar-refractivity contribution < 1.29 is 5.11 Å². The fourth-order valence-corrected chi connectivity index (χ4v) is 2.66. The second-order valence-corrected chi connectivity index (χ2v) is 6.16. The van der Waals surface area contributed by atoms with Crippen LogP contribution < -0.4 is 5.32 Å². The number of aliphatic hydroxyl groups excluding tert-OH is 1. The highest BCUT2D eigenvalue weighted by Crippen LogP contribution is 2.06. The van der Waals surface area contributed by atoms with Crippen LogP contribution >= 0.6 is 0 Å². The summed E-state index contributed by atoms with van der Waals surface area (Å²) in [5.41, 5.74) is 0. The molecule has 4 nitrogen and oxygen atoms in total. The first kappa shape index (κ1) is 16.9. The second kappa shape index (κ2) is 9.70. The van der Waals surface area contributed by atoms with E-state index in [0.717, 1.165) is 31.8 Å². The van der Waals surface area contributed by atoms with Gasteiger partial charge in [0, 0.05) is 38.8 Å². The van der Waals surface area contributed by atoms with Crippen LogP contribution in [-0.4, -0.2) is 73.4 Å². The second-order valence-electron chi connectivity index (χ2n) is 6.16. The SMILES string of the molecule is CCCNC(CO)CCN1CCN(CC(C)C)CC1. The minimum atomic E-state index is 0.257. The first-order chi connectivity index (χ1) is 9.15. The molecule has 0 saturated carbocycles. The van der Waals surface area contributed by atoms with Crippen LogP contribution in [0.5, 0.6) is 0 Å². The zero-order valence-corrected chi connectivity index (χ0v) is 13.1. The van der Waals surface area contributed by atoms with Crippen molar-refractivity contribution in [2.45, 2.75) is 39.7 Å². The zero-order chi connectivity index (χ0) is 14.1. The maximum Gasteiger partial charge on any atom is 0.0585 e. The molecule has 0 amide bonds. The van der Waals surface area contributed by atoms with Crippen molar-refractivity contribution in [3.8, 4) is 0 Å². The van der Waals surface area contributed by atoms with Gasteiger partial charge in [-0.1, -0.05) is 20.8 Å². The van der Waals surface area contributed by atoms with Gasteiger partial charge in [0.05, 0.1) is 6.61 Å². The van der Waals surface area contributed by atoms with Crippen molar-refractivity contribution in [1.82, 2.24) is 15.1 Å². The molecule has 0 aromatic heterocycles. The van der Waals surface area contributed by atoms with Crippen LogP contribution in [0, 0.1) is 5.92 Å². The summed E-state index contributed by atoms with van der Waals surface area (Å²) < 4.78 is 0. The van der Waals surface area contributed by atoms with Crippen LogP contribution in [0.25, 0.3) is 0 Å². The van der Waals surface area contributed by atoms with Crippen molar-refractivity contribution in [3.63, 3.8) is 0 Å². The molecule has 114 valence electrons. The van der Waals surface area contributed by atoms with E-state index in [1.807, 2.05) is 0 Å². The molecule has 0 radical (unpaired) electrons. The van der Waals surface area contributed by atoms with Gasteiger partial charge < -0.3 is 20.2 Å². The largest absolute Gasteiger partial charge is 0.395 e. The Hall–Kier alpha value is -0.160. The molecule has 1 aliphatic heterocycles. The lowest BCUT2D eigenvalue weighted by Gasteiger charge is -2.36. The smallest absolute Gasteiger partial charge is 0.0585 e. The third kappa shape index (κ3) is 7.25. The molecular weight excluding hydrogens is 238 g/mol. The Labute approximate surface area is 119 Å². The molecule has 0 aliphatic carbocycles. The highest BCUT2D eigenvalue weighted by atomic mass is 16.3. The molecule has 19 heavy (non-hydrogen) atoms. The Bertz CT molecular complexity index is 215. The van der Waals surface area contributed by atoms with Crippen LogP contribution in [0.15, 0.2) is 0 Å². The van der Waals surface area contributed by atoms with Crippen LogP contribution in [0.4, 0.5) is 0 Å². The lowest BCUT2D eigenvalue weighted by Crippen LogP contribution is -2.48. The van der Waals surface area contributed by atoms with E-state index in [-0.39, 0.29) is 12.6 Å². The molecule has 1 aliphatic rings. The Kier molecular flexibility index (Phi) is 8.62. The number of hydrogen-bond donors (Lipinski definition) is 2. The molecule has 0 aromatic carbocycles. The van der Waals surface area contributed by atoms with Crippen LogP contribution in [0.3, 0.4) is 0 Å². The van der Waals surface area contributed by atoms with E-state index in [1.54, 1.807) is 0 Å². The quantitative estimate of drug-likeness (QED) is 0.656. The Morgan fingerprint density at radius 2 is 1.74 bits per heavy atom. The summed E-state index contributed by atoms with van der Waals surface area (Å²) in [7, 11) is 0. The summed E-state index contributed by atoms with van der Waals surface area (Å²) in [6, 6.07) is 0.272. The van der Waals surface area contributed by atoms with Gasteiger partial charge >= 0.3 is 0 Å². The average Bonchev–Trinajstić information content (AvgIpc) is 2.40. The third-order valence-electron chi connectivity index (χ3n) is 3.79. The van der Waals surface area contributed by atoms with E-state index in [4.69, 9.17) is 0 Å². The molecule has 2 N–H and O–H groups in total. The third-order valence-corrected chi connectivity index (χ3v) is 3.79. The van der Waals surface area contributed by atoms with E-state index in [2.05, 4.69) is 35.9 Å². The van der Waals surface area contributed by atoms with Gasteiger partial charge in [0.2, 0.25) is 0 Å². The number of rotatable bonds is 9. The van der Waals surface area contributed by atoms with E-state index in [1.165, 1.54) is 32.7 Å². The molecule has 4 heteroatoms. The van der Waals surface area contributed by atoms with E-state index in [9.17, 15) is 5.11 Å². The first-order valence-electron chi connectivity index (χ1n) is 7.94. The Morgan fingerprint density at radius 3 is 2.26 bits per heavy atom. The minimum absolute atomic E-state index is 0.257.